The molecular weight excluding hydrogens is 242 g/mol. The predicted octanol–water partition coefficient (Wildman–Crippen LogP) is 0.930. The van der Waals surface area contributed by atoms with Gasteiger partial charge in [0.2, 0.25) is 0 Å². The van der Waals surface area contributed by atoms with Gasteiger partial charge in [0.05, 0.1) is 6.10 Å². The number of hydrogen-bond donors (Lipinski definition) is 2. The fourth-order valence-electron chi connectivity index (χ4n) is 2.09. The maximum Gasteiger partial charge on any atom is 0.192 e. The van der Waals surface area contributed by atoms with Crippen LogP contribution >= 0.6 is 0 Å². The molecule has 19 heavy (non-hydrogen) atoms. The van der Waals surface area contributed by atoms with Crippen molar-refractivity contribution in [3.63, 3.8) is 0 Å². The van der Waals surface area contributed by atoms with E-state index in [2.05, 4.69) is 16.0 Å². The summed E-state index contributed by atoms with van der Waals surface area (Å²) in [4.78, 5) is 6.35. The quantitative estimate of drug-likeness (QED) is 0.811. The van der Waals surface area contributed by atoms with Gasteiger partial charge in [-0.1, -0.05) is 6.07 Å². The smallest absolute Gasteiger partial charge is 0.192 e. The standard InChI is InChI=1S/C14H21N3O2/c1-10-16-13-4-3-11(7-14(13)19-10)5-6-17(2)9-12(18)8-15/h3-4,7,12,18H,5-6,8-9,15H2,1-2H3. The molecule has 5 heteroatoms. The van der Waals surface area contributed by atoms with E-state index in [-0.39, 0.29) is 0 Å². The van der Waals surface area contributed by atoms with Crippen molar-refractivity contribution in [3.8, 4) is 0 Å². The van der Waals surface area contributed by atoms with Gasteiger partial charge in [-0.15, -0.1) is 0 Å². The number of aliphatic hydroxyl groups is 1. The molecule has 2 rings (SSSR count). The van der Waals surface area contributed by atoms with Crippen LogP contribution in [0.25, 0.3) is 11.1 Å². The minimum Gasteiger partial charge on any atom is -0.441 e. The van der Waals surface area contributed by atoms with E-state index < -0.39 is 6.10 Å². The topological polar surface area (TPSA) is 75.5 Å². The number of rotatable bonds is 6. The van der Waals surface area contributed by atoms with Gasteiger partial charge >= 0.3 is 0 Å². The van der Waals surface area contributed by atoms with Gasteiger partial charge < -0.3 is 20.2 Å². The molecule has 1 aromatic heterocycles. The fraction of sp³-hybridized carbons (Fsp3) is 0.500. The largest absolute Gasteiger partial charge is 0.441 e. The summed E-state index contributed by atoms with van der Waals surface area (Å²) in [6.07, 6.45) is 0.452. The van der Waals surface area contributed by atoms with Gasteiger partial charge in [-0.05, 0) is 31.2 Å². The zero-order valence-electron chi connectivity index (χ0n) is 11.5. The van der Waals surface area contributed by atoms with Crippen LogP contribution < -0.4 is 5.73 Å². The molecule has 0 saturated heterocycles. The lowest BCUT2D eigenvalue weighted by molar-refractivity contribution is 0.133. The maximum atomic E-state index is 9.48. The van der Waals surface area contributed by atoms with Crippen molar-refractivity contribution >= 4 is 11.1 Å². The SMILES string of the molecule is Cc1nc2ccc(CCN(C)CC(O)CN)cc2o1. The molecule has 5 nitrogen and oxygen atoms in total. The highest BCUT2D eigenvalue weighted by atomic mass is 16.3. The summed E-state index contributed by atoms with van der Waals surface area (Å²) in [5.41, 5.74) is 8.33. The van der Waals surface area contributed by atoms with Crippen molar-refractivity contribution in [2.24, 2.45) is 5.73 Å². The number of nitrogens with two attached hydrogens (primary N) is 1. The van der Waals surface area contributed by atoms with Gasteiger partial charge in [0.25, 0.3) is 0 Å². The Morgan fingerprint density at radius 2 is 2.26 bits per heavy atom. The van der Waals surface area contributed by atoms with Crippen LogP contribution in [0.4, 0.5) is 0 Å². The second-order valence-corrected chi connectivity index (χ2v) is 4.94. The van der Waals surface area contributed by atoms with E-state index in [1.54, 1.807) is 0 Å². The van der Waals surface area contributed by atoms with Crippen LogP contribution in [0.3, 0.4) is 0 Å². The number of aryl methyl sites for hydroxylation is 1. The van der Waals surface area contributed by atoms with E-state index in [1.165, 1.54) is 5.56 Å². The van der Waals surface area contributed by atoms with Crippen molar-refractivity contribution in [1.29, 1.82) is 0 Å². The van der Waals surface area contributed by atoms with Gasteiger partial charge in [-0.2, -0.15) is 0 Å². The van der Waals surface area contributed by atoms with Crippen LogP contribution in [-0.4, -0.2) is 47.8 Å². The Labute approximate surface area is 113 Å². The highest BCUT2D eigenvalue weighted by Gasteiger charge is 2.07. The van der Waals surface area contributed by atoms with Crippen LogP contribution in [0.15, 0.2) is 22.6 Å². The molecule has 0 spiro atoms. The molecule has 0 saturated carbocycles. The molecule has 0 aliphatic carbocycles. The van der Waals surface area contributed by atoms with Gasteiger partial charge in [0, 0.05) is 26.6 Å². The first-order chi connectivity index (χ1) is 9.08. The van der Waals surface area contributed by atoms with Crippen molar-refractivity contribution in [3.05, 3.63) is 29.7 Å². The first kappa shape index (κ1) is 14.0. The zero-order valence-corrected chi connectivity index (χ0v) is 11.5. The normalized spacial score (nSPS) is 13.3. The minimum atomic E-state index is -0.454. The predicted molar refractivity (Wildman–Crippen MR) is 75.0 cm³/mol. The van der Waals surface area contributed by atoms with Gasteiger partial charge in [-0.25, -0.2) is 4.98 Å². The monoisotopic (exact) mass is 263 g/mol. The minimum absolute atomic E-state index is 0.299. The number of benzene rings is 1. The number of aliphatic hydroxyl groups excluding tert-OH is 1. The van der Waals surface area contributed by atoms with E-state index in [4.69, 9.17) is 10.2 Å². The van der Waals surface area contributed by atoms with Crippen molar-refractivity contribution in [1.82, 2.24) is 9.88 Å². The Kier molecular flexibility index (Phi) is 4.52. The number of nitrogens with zero attached hydrogens (tertiary/aromatic N) is 2. The summed E-state index contributed by atoms with van der Waals surface area (Å²) in [5.74, 6) is 0.690. The van der Waals surface area contributed by atoms with Crippen LogP contribution in [0.1, 0.15) is 11.5 Å². The van der Waals surface area contributed by atoms with Gasteiger partial charge in [0.15, 0.2) is 11.5 Å². The first-order valence-electron chi connectivity index (χ1n) is 6.51. The third-order valence-corrected chi connectivity index (χ3v) is 3.14. The van der Waals surface area contributed by atoms with E-state index in [1.807, 2.05) is 26.1 Å². The molecule has 1 aromatic carbocycles. The molecule has 104 valence electrons. The zero-order chi connectivity index (χ0) is 13.8. The van der Waals surface area contributed by atoms with Gasteiger partial charge in [0.1, 0.15) is 5.52 Å². The second-order valence-electron chi connectivity index (χ2n) is 4.94. The number of fused-ring (bicyclic) bond motifs is 1. The highest BCUT2D eigenvalue weighted by Crippen LogP contribution is 2.17. The van der Waals surface area contributed by atoms with E-state index in [0.717, 1.165) is 24.1 Å². The molecule has 0 aliphatic heterocycles. The van der Waals surface area contributed by atoms with Crippen LogP contribution in [0, 0.1) is 6.92 Å². The molecule has 1 unspecified atom stereocenters. The molecule has 2 aromatic rings. The summed E-state index contributed by atoms with van der Waals surface area (Å²) >= 11 is 0. The summed E-state index contributed by atoms with van der Waals surface area (Å²) in [5, 5.41) is 9.48. The van der Waals surface area contributed by atoms with E-state index >= 15 is 0 Å². The third-order valence-electron chi connectivity index (χ3n) is 3.14. The lowest BCUT2D eigenvalue weighted by Crippen LogP contribution is -2.35. The van der Waals surface area contributed by atoms with Gasteiger partial charge in [-0.3, -0.25) is 0 Å². The number of likely N-dealkylation sites (N-methyl/N-ethyl adjacent to an activating group) is 1. The Morgan fingerprint density at radius 3 is 3.00 bits per heavy atom. The van der Waals surface area contributed by atoms with E-state index in [0.29, 0.717) is 19.0 Å². The molecule has 0 radical (unpaired) electrons. The molecule has 0 aliphatic rings. The van der Waals surface area contributed by atoms with Crippen LogP contribution in [0.5, 0.6) is 0 Å². The average Bonchev–Trinajstić information content (AvgIpc) is 2.75. The summed E-state index contributed by atoms with van der Waals surface area (Å²) in [7, 11) is 1.98. The lowest BCUT2D eigenvalue weighted by Gasteiger charge is -2.19. The van der Waals surface area contributed by atoms with Crippen molar-refractivity contribution in [2.45, 2.75) is 19.4 Å². The molecule has 0 bridgehead atoms. The van der Waals surface area contributed by atoms with Crippen molar-refractivity contribution < 1.29 is 9.52 Å². The Morgan fingerprint density at radius 1 is 1.47 bits per heavy atom. The second kappa shape index (κ2) is 6.14. The van der Waals surface area contributed by atoms with Crippen molar-refractivity contribution in [2.75, 3.05) is 26.7 Å². The number of oxazole rings is 1. The maximum absolute atomic E-state index is 9.48. The number of aromatic nitrogens is 1. The fourth-order valence-corrected chi connectivity index (χ4v) is 2.09. The summed E-state index contributed by atoms with van der Waals surface area (Å²) in [6, 6.07) is 6.08. The molecule has 1 atom stereocenters. The Hall–Kier alpha value is -1.43. The van der Waals surface area contributed by atoms with Crippen LogP contribution in [-0.2, 0) is 6.42 Å². The average molecular weight is 263 g/mol. The third kappa shape index (κ3) is 3.76. The Bertz CT molecular complexity index is 538. The molecule has 3 N–H and O–H groups in total. The highest BCUT2D eigenvalue weighted by molar-refractivity contribution is 5.73. The lowest BCUT2D eigenvalue weighted by atomic mass is 10.1. The first-order valence-corrected chi connectivity index (χ1v) is 6.51. The number of hydrogen-bond acceptors (Lipinski definition) is 5. The molecule has 0 amide bonds. The van der Waals surface area contributed by atoms with E-state index in [9.17, 15) is 5.11 Å². The Balaban J connectivity index is 1.94. The summed E-state index contributed by atoms with van der Waals surface area (Å²) in [6.45, 7) is 3.62. The van der Waals surface area contributed by atoms with Crippen LogP contribution in [0.2, 0.25) is 0 Å². The molecular formula is C14H21N3O2. The summed E-state index contributed by atoms with van der Waals surface area (Å²) < 4.78 is 5.52. The molecule has 0 fully saturated rings. The molecule has 1 heterocycles.